The van der Waals surface area contributed by atoms with E-state index in [1.807, 2.05) is 42.5 Å². The zero-order valence-corrected chi connectivity index (χ0v) is 10.9. The van der Waals surface area contributed by atoms with E-state index in [1.54, 1.807) is 13.0 Å². The molecule has 2 rings (SSSR count). The highest BCUT2D eigenvalue weighted by atomic mass is 16.5. The summed E-state index contributed by atoms with van der Waals surface area (Å²) in [5.74, 6) is 0.772. The van der Waals surface area contributed by atoms with Crippen LogP contribution < -0.4 is 10.5 Å². The van der Waals surface area contributed by atoms with Crippen molar-refractivity contribution in [3.05, 3.63) is 59.7 Å². The van der Waals surface area contributed by atoms with E-state index in [9.17, 15) is 4.79 Å². The van der Waals surface area contributed by atoms with E-state index in [-0.39, 0.29) is 5.78 Å². The summed E-state index contributed by atoms with van der Waals surface area (Å²) in [5.41, 5.74) is 8.50. The first-order valence-corrected chi connectivity index (χ1v) is 6.19. The third kappa shape index (κ3) is 3.85. The van der Waals surface area contributed by atoms with Crippen LogP contribution >= 0.6 is 0 Å². The second-order valence-corrected chi connectivity index (χ2v) is 4.53. The Morgan fingerprint density at radius 3 is 2.47 bits per heavy atom. The Labute approximate surface area is 113 Å². The fourth-order valence-corrected chi connectivity index (χ4v) is 1.86. The maximum Gasteiger partial charge on any atom is 0.142 e. The first-order valence-electron chi connectivity index (χ1n) is 6.19. The largest absolute Gasteiger partial charge is 0.487 e. The van der Waals surface area contributed by atoms with Crippen molar-refractivity contribution in [1.29, 1.82) is 0 Å². The predicted molar refractivity (Wildman–Crippen MR) is 76.0 cm³/mol. The van der Waals surface area contributed by atoms with Crippen LogP contribution in [0.5, 0.6) is 5.75 Å². The van der Waals surface area contributed by atoms with E-state index in [0.29, 0.717) is 24.5 Å². The van der Waals surface area contributed by atoms with Crippen LogP contribution in [0.1, 0.15) is 18.1 Å². The number of rotatable bonds is 5. The van der Waals surface area contributed by atoms with Gasteiger partial charge in [0.2, 0.25) is 0 Å². The lowest BCUT2D eigenvalue weighted by atomic mass is 10.1. The van der Waals surface area contributed by atoms with Crippen LogP contribution in [0.2, 0.25) is 0 Å². The van der Waals surface area contributed by atoms with Crippen molar-refractivity contribution in [2.24, 2.45) is 0 Å². The molecule has 2 N–H and O–H groups in total. The number of nitrogen functional groups attached to an aromatic ring is 1. The molecule has 0 aliphatic heterocycles. The number of ether oxygens (including phenoxy) is 1. The van der Waals surface area contributed by atoms with Crippen molar-refractivity contribution in [2.45, 2.75) is 20.0 Å². The van der Waals surface area contributed by atoms with Gasteiger partial charge in [-0.15, -0.1) is 0 Å². The van der Waals surface area contributed by atoms with Crippen molar-refractivity contribution >= 4 is 11.5 Å². The molecule has 19 heavy (non-hydrogen) atoms. The molecule has 2 aromatic rings. The number of carbonyl (C=O) groups is 1. The van der Waals surface area contributed by atoms with Gasteiger partial charge in [0.25, 0.3) is 0 Å². The minimum Gasteiger partial charge on any atom is -0.487 e. The maximum absolute atomic E-state index is 11.0. The van der Waals surface area contributed by atoms with E-state index < -0.39 is 0 Å². The molecule has 0 fully saturated rings. The molecule has 0 radical (unpaired) electrons. The average molecular weight is 255 g/mol. The molecule has 0 amide bonds. The summed E-state index contributed by atoms with van der Waals surface area (Å²) in [6.07, 6.45) is 0.406. The van der Waals surface area contributed by atoms with E-state index in [2.05, 4.69) is 0 Å². The summed E-state index contributed by atoms with van der Waals surface area (Å²) in [5, 5.41) is 0. The topological polar surface area (TPSA) is 52.3 Å². The standard InChI is InChI=1S/C16H17NO2/c1-12(18)9-14-7-8-16(15(17)10-14)19-11-13-5-3-2-4-6-13/h2-8,10H,9,11,17H2,1H3. The Bertz CT molecular complexity index is 564. The Morgan fingerprint density at radius 1 is 1.11 bits per heavy atom. The van der Waals surface area contributed by atoms with E-state index in [0.717, 1.165) is 11.1 Å². The Morgan fingerprint density at radius 2 is 1.84 bits per heavy atom. The smallest absolute Gasteiger partial charge is 0.142 e. The number of carbonyl (C=O) groups excluding carboxylic acids is 1. The molecule has 2 aromatic carbocycles. The summed E-state index contributed by atoms with van der Waals surface area (Å²) >= 11 is 0. The fourth-order valence-electron chi connectivity index (χ4n) is 1.86. The quantitative estimate of drug-likeness (QED) is 0.836. The van der Waals surface area contributed by atoms with Gasteiger partial charge in [-0.3, -0.25) is 4.79 Å². The number of nitrogens with two attached hydrogens (primary N) is 1. The van der Waals surface area contributed by atoms with Crippen molar-refractivity contribution in [2.75, 3.05) is 5.73 Å². The van der Waals surface area contributed by atoms with Gasteiger partial charge in [0, 0.05) is 6.42 Å². The molecule has 3 heteroatoms. The van der Waals surface area contributed by atoms with Gasteiger partial charge in [-0.1, -0.05) is 36.4 Å². The van der Waals surface area contributed by atoms with Gasteiger partial charge in [0.15, 0.2) is 0 Å². The lowest BCUT2D eigenvalue weighted by Gasteiger charge is -2.10. The molecule has 0 aliphatic rings. The van der Waals surface area contributed by atoms with E-state index >= 15 is 0 Å². The third-order valence-corrected chi connectivity index (χ3v) is 2.76. The zero-order valence-electron chi connectivity index (χ0n) is 10.9. The van der Waals surface area contributed by atoms with Crippen molar-refractivity contribution < 1.29 is 9.53 Å². The van der Waals surface area contributed by atoms with Crippen LogP contribution in [-0.4, -0.2) is 5.78 Å². The van der Waals surface area contributed by atoms with Crippen LogP contribution in [0, 0.1) is 0 Å². The molecule has 0 atom stereocenters. The molecule has 98 valence electrons. The summed E-state index contributed by atoms with van der Waals surface area (Å²) in [4.78, 5) is 11.0. The highest BCUT2D eigenvalue weighted by Crippen LogP contribution is 2.23. The Hall–Kier alpha value is -2.29. The molecule has 3 nitrogen and oxygen atoms in total. The monoisotopic (exact) mass is 255 g/mol. The Balaban J connectivity index is 2.03. The summed E-state index contributed by atoms with van der Waals surface area (Å²) in [6, 6.07) is 15.4. The minimum atomic E-state index is 0.123. The Kier molecular flexibility index (Phi) is 4.18. The number of hydrogen-bond acceptors (Lipinski definition) is 3. The van der Waals surface area contributed by atoms with Crippen LogP contribution in [0.3, 0.4) is 0 Å². The van der Waals surface area contributed by atoms with Gasteiger partial charge in [-0.05, 0) is 30.2 Å². The second-order valence-electron chi connectivity index (χ2n) is 4.53. The summed E-state index contributed by atoms with van der Waals surface area (Å²) in [7, 11) is 0. The molecule has 0 heterocycles. The van der Waals surface area contributed by atoms with Crippen LogP contribution in [0.15, 0.2) is 48.5 Å². The molecular formula is C16H17NO2. The van der Waals surface area contributed by atoms with Gasteiger partial charge in [-0.2, -0.15) is 0 Å². The first kappa shape index (κ1) is 13.1. The van der Waals surface area contributed by atoms with E-state index in [1.165, 1.54) is 0 Å². The van der Waals surface area contributed by atoms with Gasteiger partial charge < -0.3 is 10.5 Å². The number of benzene rings is 2. The number of ketones is 1. The average Bonchev–Trinajstić information content (AvgIpc) is 2.38. The van der Waals surface area contributed by atoms with Crippen LogP contribution in [0.4, 0.5) is 5.69 Å². The maximum atomic E-state index is 11.0. The number of Topliss-reactive ketones (excluding diaryl/α,β-unsaturated/α-hetero) is 1. The highest BCUT2D eigenvalue weighted by Gasteiger charge is 2.04. The molecule has 0 bridgehead atoms. The lowest BCUT2D eigenvalue weighted by molar-refractivity contribution is -0.116. The van der Waals surface area contributed by atoms with Gasteiger partial charge in [0.05, 0.1) is 5.69 Å². The van der Waals surface area contributed by atoms with Crippen molar-refractivity contribution in [1.82, 2.24) is 0 Å². The molecule has 0 aromatic heterocycles. The normalized spacial score (nSPS) is 10.2. The van der Waals surface area contributed by atoms with Gasteiger partial charge in [0.1, 0.15) is 18.1 Å². The van der Waals surface area contributed by atoms with Crippen LogP contribution in [0.25, 0.3) is 0 Å². The molecule has 0 unspecified atom stereocenters. The molecule has 0 aliphatic carbocycles. The zero-order chi connectivity index (χ0) is 13.7. The fraction of sp³-hybridized carbons (Fsp3) is 0.188. The third-order valence-electron chi connectivity index (χ3n) is 2.76. The number of anilines is 1. The number of hydrogen-bond donors (Lipinski definition) is 1. The second kappa shape index (κ2) is 6.05. The van der Waals surface area contributed by atoms with Crippen LogP contribution in [-0.2, 0) is 17.8 Å². The first-order chi connectivity index (χ1) is 9.15. The van der Waals surface area contributed by atoms with E-state index in [4.69, 9.17) is 10.5 Å². The van der Waals surface area contributed by atoms with Gasteiger partial charge >= 0.3 is 0 Å². The molecule has 0 saturated carbocycles. The molecule has 0 saturated heterocycles. The predicted octanol–water partition coefficient (Wildman–Crippen LogP) is 2.98. The molecule has 0 spiro atoms. The highest BCUT2D eigenvalue weighted by molar-refractivity contribution is 5.78. The van der Waals surface area contributed by atoms with Crippen molar-refractivity contribution in [3.8, 4) is 5.75 Å². The van der Waals surface area contributed by atoms with Crippen molar-refractivity contribution in [3.63, 3.8) is 0 Å². The van der Waals surface area contributed by atoms with Gasteiger partial charge in [-0.25, -0.2) is 0 Å². The summed E-state index contributed by atoms with van der Waals surface area (Å²) in [6.45, 7) is 2.05. The SMILES string of the molecule is CC(=O)Cc1ccc(OCc2ccccc2)c(N)c1. The summed E-state index contributed by atoms with van der Waals surface area (Å²) < 4.78 is 5.67. The minimum absolute atomic E-state index is 0.123. The molecular weight excluding hydrogens is 238 g/mol. The lowest BCUT2D eigenvalue weighted by Crippen LogP contribution is -2.01.